The summed E-state index contributed by atoms with van der Waals surface area (Å²) < 4.78 is 4.58. The van der Waals surface area contributed by atoms with Crippen molar-refractivity contribution in [2.24, 2.45) is 0 Å². The van der Waals surface area contributed by atoms with Crippen molar-refractivity contribution in [2.45, 2.75) is 25.4 Å². The maximum absolute atomic E-state index is 11.4. The van der Waals surface area contributed by atoms with Gasteiger partial charge < -0.3 is 15.4 Å². The molecule has 19 heavy (non-hydrogen) atoms. The summed E-state index contributed by atoms with van der Waals surface area (Å²) in [5, 5.41) is 5.90. The van der Waals surface area contributed by atoms with Crippen molar-refractivity contribution in [2.75, 3.05) is 13.7 Å². The molecule has 0 saturated heterocycles. The van der Waals surface area contributed by atoms with Gasteiger partial charge in [-0.3, -0.25) is 9.78 Å². The van der Waals surface area contributed by atoms with Gasteiger partial charge in [-0.25, -0.2) is 4.79 Å². The van der Waals surface area contributed by atoms with Crippen LogP contribution in [0, 0.1) is 0 Å². The Labute approximate surface area is 111 Å². The number of hydrogen-bond donors (Lipinski definition) is 2. The lowest BCUT2D eigenvalue weighted by Gasteiger charge is -2.05. The van der Waals surface area contributed by atoms with E-state index < -0.39 is 5.97 Å². The smallest absolute Gasteiger partial charge is 0.339 e. The van der Waals surface area contributed by atoms with Gasteiger partial charge in [0.25, 0.3) is 0 Å². The Morgan fingerprint density at radius 3 is 2.79 bits per heavy atom. The highest BCUT2D eigenvalue weighted by molar-refractivity contribution is 5.88. The van der Waals surface area contributed by atoms with E-state index in [4.69, 9.17) is 0 Å². The zero-order chi connectivity index (χ0) is 13.7. The quantitative estimate of drug-likeness (QED) is 0.718. The van der Waals surface area contributed by atoms with Crippen molar-refractivity contribution in [1.82, 2.24) is 15.6 Å². The summed E-state index contributed by atoms with van der Waals surface area (Å²) in [6.07, 6.45) is 3.64. The number of carbonyl (C=O) groups excluding carboxylic acids is 2. The fourth-order valence-corrected chi connectivity index (χ4v) is 1.58. The predicted octanol–water partition coefficient (Wildman–Crippen LogP) is 0.236. The SMILES string of the molecule is COC(=O)c1ccc(CNCC(=O)NC2CC2)nc1. The van der Waals surface area contributed by atoms with Gasteiger partial charge in [0.05, 0.1) is 24.9 Å². The number of nitrogens with one attached hydrogen (secondary N) is 2. The Morgan fingerprint density at radius 1 is 1.42 bits per heavy atom. The van der Waals surface area contributed by atoms with Crippen LogP contribution >= 0.6 is 0 Å². The van der Waals surface area contributed by atoms with Crippen LogP contribution in [0.25, 0.3) is 0 Å². The van der Waals surface area contributed by atoms with Crippen molar-refractivity contribution < 1.29 is 14.3 Å². The first-order chi connectivity index (χ1) is 9.19. The summed E-state index contributed by atoms with van der Waals surface area (Å²) in [4.78, 5) is 26.7. The van der Waals surface area contributed by atoms with Crippen LogP contribution in [0.1, 0.15) is 28.9 Å². The van der Waals surface area contributed by atoms with Gasteiger partial charge in [0, 0.05) is 18.8 Å². The van der Waals surface area contributed by atoms with Gasteiger partial charge in [-0.2, -0.15) is 0 Å². The molecule has 1 saturated carbocycles. The minimum Gasteiger partial charge on any atom is -0.465 e. The van der Waals surface area contributed by atoms with Crippen molar-refractivity contribution >= 4 is 11.9 Å². The minimum absolute atomic E-state index is 0.00804. The summed E-state index contributed by atoms with van der Waals surface area (Å²) >= 11 is 0. The highest BCUT2D eigenvalue weighted by atomic mass is 16.5. The highest BCUT2D eigenvalue weighted by Gasteiger charge is 2.22. The van der Waals surface area contributed by atoms with Gasteiger partial charge in [-0.15, -0.1) is 0 Å². The summed E-state index contributed by atoms with van der Waals surface area (Å²) in [5.74, 6) is -0.399. The van der Waals surface area contributed by atoms with Crippen molar-refractivity contribution in [3.63, 3.8) is 0 Å². The summed E-state index contributed by atoms with van der Waals surface area (Å²) in [6, 6.07) is 3.77. The highest BCUT2D eigenvalue weighted by Crippen LogP contribution is 2.18. The third kappa shape index (κ3) is 4.33. The number of hydrogen-bond acceptors (Lipinski definition) is 5. The molecular formula is C13H17N3O3. The molecule has 0 aromatic carbocycles. The molecule has 2 rings (SSSR count). The van der Waals surface area contributed by atoms with Gasteiger partial charge in [0.15, 0.2) is 0 Å². The van der Waals surface area contributed by atoms with Crippen LogP contribution in [-0.4, -0.2) is 36.6 Å². The standard InChI is InChI=1S/C13H17N3O3/c1-19-13(18)9-2-3-11(15-6-9)7-14-8-12(17)16-10-4-5-10/h2-3,6,10,14H,4-5,7-8H2,1H3,(H,16,17). The molecule has 0 radical (unpaired) electrons. The van der Waals surface area contributed by atoms with E-state index in [0.717, 1.165) is 18.5 Å². The first-order valence-corrected chi connectivity index (χ1v) is 6.22. The zero-order valence-corrected chi connectivity index (χ0v) is 10.8. The molecule has 1 heterocycles. The number of amides is 1. The molecule has 1 fully saturated rings. The van der Waals surface area contributed by atoms with Crippen molar-refractivity contribution in [1.29, 1.82) is 0 Å². The Morgan fingerprint density at radius 2 is 2.21 bits per heavy atom. The van der Waals surface area contributed by atoms with Gasteiger partial charge in [0.2, 0.25) is 5.91 Å². The topological polar surface area (TPSA) is 80.3 Å². The second kappa shape index (κ2) is 6.29. The van der Waals surface area contributed by atoms with E-state index in [1.54, 1.807) is 12.1 Å². The zero-order valence-electron chi connectivity index (χ0n) is 10.8. The first kappa shape index (κ1) is 13.5. The van der Waals surface area contributed by atoms with Crippen LogP contribution in [0.15, 0.2) is 18.3 Å². The number of nitrogens with zero attached hydrogens (tertiary/aromatic N) is 1. The lowest BCUT2D eigenvalue weighted by Crippen LogP contribution is -2.34. The number of aromatic nitrogens is 1. The third-order valence-electron chi connectivity index (χ3n) is 2.78. The fraction of sp³-hybridized carbons (Fsp3) is 0.462. The van der Waals surface area contributed by atoms with E-state index in [0.29, 0.717) is 18.2 Å². The average molecular weight is 263 g/mol. The molecule has 1 aromatic heterocycles. The van der Waals surface area contributed by atoms with Crippen LogP contribution in [-0.2, 0) is 16.1 Å². The monoisotopic (exact) mass is 263 g/mol. The molecule has 1 aromatic rings. The Bertz CT molecular complexity index is 455. The number of methoxy groups -OCH3 is 1. The van der Waals surface area contributed by atoms with E-state index in [1.165, 1.54) is 13.3 Å². The third-order valence-corrected chi connectivity index (χ3v) is 2.78. The predicted molar refractivity (Wildman–Crippen MR) is 68.4 cm³/mol. The Kier molecular flexibility index (Phi) is 4.46. The number of carbonyl (C=O) groups is 2. The molecule has 6 nitrogen and oxygen atoms in total. The largest absolute Gasteiger partial charge is 0.465 e. The van der Waals surface area contributed by atoms with Gasteiger partial charge in [-0.05, 0) is 25.0 Å². The maximum atomic E-state index is 11.4. The minimum atomic E-state index is -0.407. The normalized spacial score (nSPS) is 13.9. The molecule has 1 aliphatic rings. The molecule has 1 amide bonds. The molecule has 0 spiro atoms. The summed E-state index contributed by atoms with van der Waals surface area (Å²) in [5.41, 5.74) is 1.18. The molecule has 0 unspecified atom stereocenters. The molecule has 2 N–H and O–H groups in total. The van der Waals surface area contributed by atoms with Crippen molar-refractivity contribution in [3.8, 4) is 0 Å². The van der Waals surface area contributed by atoms with E-state index in [9.17, 15) is 9.59 Å². The second-order valence-electron chi connectivity index (χ2n) is 4.48. The lowest BCUT2D eigenvalue weighted by atomic mass is 10.2. The molecule has 0 bridgehead atoms. The van der Waals surface area contributed by atoms with Gasteiger partial charge in [0.1, 0.15) is 0 Å². The molecular weight excluding hydrogens is 246 g/mol. The second-order valence-corrected chi connectivity index (χ2v) is 4.48. The van der Waals surface area contributed by atoms with Gasteiger partial charge in [-0.1, -0.05) is 0 Å². The Balaban J connectivity index is 1.73. The van der Waals surface area contributed by atoms with E-state index in [1.807, 2.05) is 0 Å². The summed E-state index contributed by atoms with van der Waals surface area (Å²) in [6.45, 7) is 0.760. The number of rotatable bonds is 6. The maximum Gasteiger partial charge on any atom is 0.339 e. The molecule has 102 valence electrons. The van der Waals surface area contributed by atoms with Crippen LogP contribution in [0.4, 0.5) is 0 Å². The molecule has 6 heteroatoms. The number of ether oxygens (including phenoxy) is 1. The summed E-state index contributed by atoms with van der Waals surface area (Å²) in [7, 11) is 1.33. The average Bonchev–Trinajstić information content (AvgIpc) is 3.22. The van der Waals surface area contributed by atoms with E-state index >= 15 is 0 Å². The van der Waals surface area contributed by atoms with Crippen LogP contribution in [0.3, 0.4) is 0 Å². The molecule has 1 aliphatic carbocycles. The molecule has 0 aliphatic heterocycles. The van der Waals surface area contributed by atoms with E-state index in [2.05, 4.69) is 20.4 Å². The fourth-order valence-electron chi connectivity index (χ4n) is 1.58. The number of esters is 1. The van der Waals surface area contributed by atoms with Crippen LogP contribution in [0.2, 0.25) is 0 Å². The van der Waals surface area contributed by atoms with Crippen LogP contribution in [0.5, 0.6) is 0 Å². The Hall–Kier alpha value is -1.95. The number of pyridine rings is 1. The lowest BCUT2D eigenvalue weighted by molar-refractivity contribution is -0.120. The molecule has 0 atom stereocenters. The van der Waals surface area contributed by atoms with Gasteiger partial charge >= 0.3 is 5.97 Å². The van der Waals surface area contributed by atoms with E-state index in [-0.39, 0.29) is 12.5 Å². The van der Waals surface area contributed by atoms with Crippen molar-refractivity contribution in [3.05, 3.63) is 29.6 Å². The van der Waals surface area contributed by atoms with Crippen LogP contribution < -0.4 is 10.6 Å². The first-order valence-electron chi connectivity index (χ1n) is 6.22.